The van der Waals surface area contributed by atoms with Gasteiger partial charge in [-0.2, -0.15) is 11.8 Å². The van der Waals surface area contributed by atoms with Crippen LogP contribution in [0.1, 0.15) is 32.1 Å². The van der Waals surface area contributed by atoms with E-state index in [0.29, 0.717) is 12.3 Å². The monoisotopic (exact) mass is 425 g/mol. The third-order valence-electron chi connectivity index (χ3n) is 3.55. The van der Waals surface area contributed by atoms with Crippen LogP contribution in [0, 0.1) is 0 Å². The van der Waals surface area contributed by atoms with Crippen molar-refractivity contribution in [2.24, 2.45) is 0 Å². The second-order valence-electron chi connectivity index (χ2n) is 6.67. The second-order valence-corrected chi connectivity index (χ2v) is 8.63. The topological polar surface area (TPSA) is 51.5 Å². The molecule has 0 aliphatic heterocycles. The average Bonchev–Trinajstić information content (AvgIpc) is 3.05. The van der Waals surface area contributed by atoms with Gasteiger partial charge in [-0.1, -0.05) is 26.8 Å². The number of nitrogens with one attached hydrogen (secondary N) is 1. The van der Waals surface area contributed by atoms with Crippen molar-refractivity contribution in [3.8, 4) is 5.75 Å². The number of ether oxygens (including phenoxy) is 1. The van der Waals surface area contributed by atoms with Crippen LogP contribution in [0.2, 0.25) is 0 Å². The molecule has 0 atom stereocenters. The van der Waals surface area contributed by atoms with Crippen LogP contribution in [0.3, 0.4) is 0 Å². The first-order valence-electron chi connectivity index (χ1n) is 8.16. The molecule has 1 N–H and O–H groups in total. The van der Waals surface area contributed by atoms with Gasteiger partial charge in [-0.3, -0.25) is 4.79 Å². The Morgan fingerprint density at radius 1 is 1.32 bits per heavy atom. The molecule has 0 saturated carbocycles. The van der Waals surface area contributed by atoms with Crippen molar-refractivity contribution in [2.75, 3.05) is 18.9 Å². The van der Waals surface area contributed by atoms with E-state index in [4.69, 9.17) is 9.15 Å². The van der Waals surface area contributed by atoms with Crippen molar-refractivity contribution in [2.45, 2.75) is 31.9 Å². The maximum Gasteiger partial charge on any atom is 0.257 e. The molecule has 25 heavy (non-hydrogen) atoms. The number of thioether (sulfide) groups is 1. The molecule has 0 unspecified atom stereocenters. The highest BCUT2D eigenvalue weighted by Gasteiger charge is 2.15. The number of hydrogen-bond acceptors (Lipinski definition) is 4. The van der Waals surface area contributed by atoms with Gasteiger partial charge in [-0.25, -0.2) is 0 Å². The molecule has 2 rings (SSSR count). The summed E-state index contributed by atoms with van der Waals surface area (Å²) in [5.41, 5.74) is 1.29. The Morgan fingerprint density at radius 2 is 2.12 bits per heavy atom. The summed E-state index contributed by atoms with van der Waals surface area (Å²) in [4.78, 5) is 11.9. The lowest BCUT2D eigenvalue weighted by molar-refractivity contribution is -0.122. The van der Waals surface area contributed by atoms with Crippen molar-refractivity contribution in [1.82, 2.24) is 5.32 Å². The van der Waals surface area contributed by atoms with Gasteiger partial charge in [0.2, 0.25) is 0 Å². The quantitative estimate of drug-likeness (QED) is 0.618. The molecule has 136 valence electrons. The minimum absolute atomic E-state index is 0.0102. The van der Waals surface area contributed by atoms with E-state index in [1.807, 2.05) is 30.3 Å². The fourth-order valence-electron chi connectivity index (χ4n) is 2.11. The number of rotatable bonds is 8. The SMILES string of the molecule is CC(C)(C)c1ccc(OCC(=O)NCCSCc2ccco2)c(Br)c1. The number of carbonyl (C=O) groups is 1. The molecule has 1 aromatic carbocycles. The van der Waals surface area contributed by atoms with Crippen molar-refractivity contribution in [3.63, 3.8) is 0 Å². The van der Waals surface area contributed by atoms with E-state index in [2.05, 4.69) is 42.0 Å². The normalized spacial score (nSPS) is 11.4. The van der Waals surface area contributed by atoms with Gasteiger partial charge in [0.15, 0.2) is 6.61 Å². The lowest BCUT2D eigenvalue weighted by Gasteiger charge is -2.20. The van der Waals surface area contributed by atoms with Crippen LogP contribution in [0.15, 0.2) is 45.5 Å². The number of carbonyl (C=O) groups excluding carboxylic acids is 1. The van der Waals surface area contributed by atoms with Gasteiger partial charge in [0.1, 0.15) is 11.5 Å². The summed E-state index contributed by atoms with van der Waals surface area (Å²) in [5, 5.41) is 2.86. The van der Waals surface area contributed by atoms with E-state index in [1.54, 1.807) is 18.0 Å². The summed E-state index contributed by atoms with van der Waals surface area (Å²) >= 11 is 5.23. The van der Waals surface area contributed by atoms with Crippen LogP contribution >= 0.6 is 27.7 Å². The Hall–Kier alpha value is -1.40. The molecule has 2 aromatic rings. The summed E-state index contributed by atoms with van der Waals surface area (Å²) in [6.45, 7) is 7.10. The number of benzene rings is 1. The van der Waals surface area contributed by atoms with Crippen LogP contribution in [-0.2, 0) is 16.0 Å². The zero-order valence-electron chi connectivity index (χ0n) is 14.8. The van der Waals surface area contributed by atoms with E-state index in [1.165, 1.54) is 5.56 Å². The van der Waals surface area contributed by atoms with Gasteiger partial charge >= 0.3 is 0 Å². The highest BCUT2D eigenvalue weighted by Crippen LogP contribution is 2.31. The minimum Gasteiger partial charge on any atom is -0.483 e. The maximum atomic E-state index is 11.9. The van der Waals surface area contributed by atoms with Crippen molar-refractivity contribution in [1.29, 1.82) is 0 Å². The number of amides is 1. The Labute approximate surface area is 161 Å². The number of halogens is 1. The van der Waals surface area contributed by atoms with Gasteiger partial charge in [-0.05, 0) is 51.2 Å². The Morgan fingerprint density at radius 3 is 2.76 bits per heavy atom. The molecule has 0 radical (unpaired) electrons. The number of hydrogen-bond donors (Lipinski definition) is 1. The van der Waals surface area contributed by atoms with E-state index < -0.39 is 0 Å². The smallest absolute Gasteiger partial charge is 0.257 e. The molecule has 1 heterocycles. The maximum absolute atomic E-state index is 11.9. The number of furan rings is 1. The Bertz CT molecular complexity index is 680. The van der Waals surface area contributed by atoms with Crippen molar-refractivity contribution >= 4 is 33.6 Å². The van der Waals surface area contributed by atoms with Crippen LogP contribution in [0.4, 0.5) is 0 Å². The fourth-order valence-corrected chi connectivity index (χ4v) is 3.36. The predicted octanol–water partition coefficient (Wildman–Crippen LogP) is 4.77. The second kappa shape index (κ2) is 9.34. The summed E-state index contributed by atoms with van der Waals surface area (Å²) in [6.07, 6.45) is 1.67. The summed E-state index contributed by atoms with van der Waals surface area (Å²) < 4.78 is 11.7. The van der Waals surface area contributed by atoms with Crippen LogP contribution < -0.4 is 10.1 Å². The highest BCUT2D eigenvalue weighted by molar-refractivity contribution is 9.10. The standard InChI is InChI=1S/C19H24BrNO3S/c1-19(2,3)14-6-7-17(16(20)11-14)24-12-18(22)21-8-10-25-13-15-5-4-9-23-15/h4-7,9,11H,8,10,12-13H2,1-3H3,(H,21,22). The molecule has 6 heteroatoms. The summed E-state index contributed by atoms with van der Waals surface area (Å²) in [6, 6.07) is 9.79. The first kappa shape index (κ1) is 19.9. The third kappa shape index (κ3) is 6.78. The zero-order chi connectivity index (χ0) is 18.3. The van der Waals surface area contributed by atoms with Crippen LogP contribution in [0.5, 0.6) is 5.75 Å². The Kier molecular flexibility index (Phi) is 7.44. The molecule has 0 fully saturated rings. The zero-order valence-corrected chi connectivity index (χ0v) is 17.2. The summed E-state index contributed by atoms with van der Waals surface area (Å²) in [7, 11) is 0. The van der Waals surface area contributed by atoms with E-state index in [0.717, 1.165) is 21.7 Å². The van der Waals surface area contributed by atoms with Crippen molar-refractivity contribution in [3.05, 3.63) is 52.4 Å². The molecule has 0 bridgehead atoms. The first-order valence-corrected chi connectivity index (χ1v) is 10.1. The molecule has 0 spiro atoms. The van der Waals surface area contributed by atoms with Gasteiger partial charge in [0, 0.05) is 12.3 Å². The van der Waals surface area contributed by atoms with Crippen LogP contribution in [0.25, 0.3) is 0 Å². The average molecular weight is 426 g/mol. The minimum atomic E-state index is -0.120. The van der Waals surface area contributed by atoms with E-state index in [9.17, 15) is 4.79 Å². The molecule has 0 saturated heterocycles. The first-order chi connectivity index (χ1) is 11.9. The lowest BCUT2D eigenvalue weighted by Crippen LogP contribution is -2.30. The van der Waals surface area contributed by atoms with Gasteiger partial charge in [0.05, 0.1) is 16.5 Å². The Balaban J connectivity index is 1.67. The molecule has 1 aromatic heterocycles. The molecule has 0 aliphatic rings. The van der Waals surface area contributed by atoms with Crippen LogP contribution in [-0.4, -0.2) is 24.8 Å². The predicted molar refractivity (Wildman–Crippen MR) is 106 cm³/mol. The molecule has 1 amide bonds. The van der Waals surface area contributed by atoms with Gasteiger partial charge in [-0.15, -0.1) is 0 Å². The van der Waals surface area contributed by atoms with E-state index >= 15 is 0 Å². The largest absolute Gasteiger partial charge is 0.483 e. The summed E-state index contributed by atoms with van der Waals surface area (Å²) in [5.74, 6) is 3.15. The molecule has 4 nitrogen and oxygen atoms in total. The molecular formula is C19H24BrNO3S. The molecular weight excluding hydrogens is 402 g/mol. The van der Waals surface area contributed by atoms with Gasteiger partial charge in [0.25, 0.3) is 5.91 Å². The highest BCUT2D eigenvalue weighted by atomic mass is 79.9. The molecule has 0 aliphatic carbocycles. The van der Waals surface area contributed by atoms with E-state index in [-0.39, 0.29) is 17.9 Å². The third-order valence-corrected chi connectivity index (χ3v) is 5.15. The fraction of sp³-hybridized carbons (Fsp3) is 0.421. The van der Waals surface area contributed by atoms with Gasteiger partial charge < -0.3 is 14.5 Å². The lowest BCUT2D eigenvalue weighted by atomic mass is 9.87. The van der Waals surface area contributed by atoms with Crippen molar-refractivity contribution < 1.29 is 13.9 Å².